The lowest BCUT2D eigenvalue weighted by atomic mass is 10.1. The molecule has 2 aliphatic heterocycles. The maximum atomic E-state index is 13.3. The first-order valence-electron chi connectivity index (χ1n) is 10.3. The Hall–Kier alpha value is -1.64. The van der Waals surface area contributed by atoms with Crippen molar-refractivity contribution in [2.45, 2.75) is 31.6 Å². The molecule has 0 radical (unpaired) electrons. The smallest absolute Gasteiger partial charge is 0.256 e. The van der Waals surface area contributed by atoms with Crippen LogP contribution in [0.4, 0.5) is 5.69 Å². The van der Waals surface area contributed by atoms with Crippen LogP contribution < -0.4 is 4.90 Å². The van der Waals surface area contributed by atoms with Crippen LogP contribution in [0, 0.1) is 0 Å². The number of benzene rings is 1. The van der Waals surface area contributed by atoms with Gasteiger partial charge in [0.2, 0.25) is 10.0 Å². The zero-order valence-electron chi connectivity index (χ0n) is 17.2. The highest BCUT2D eigenvalue weighted by Gasteiger charge is 2.29. The Balaban J connectivity index is 2.00. The molecule has 7 nitrogen and oxygen atoms in total. The molecule has 0 N–H and O–H groups in total. The summed E-state index contributed by atoms with van der Waals surface area (Å²) in [6, 6.07) is 5.08. The van der Waals surface area contributed by atoms with Crippen LogP contribution in [0.2, 0.25) is 0 Å². The quantitative estimate of drug-likeness (QED) is 0.717. The lowest BCUT2D eigenvalue weighted by Gasteiger charge is -2.33. The second kappa shape index (κ2) is 8.80. The molecule has 3 rings (SSSR count). The minimum atomic E-state index is -3.60. The third-order valence-corrected chi connectivity index (χ3v) is 7.82. The molecule has 2 saturated heterocycles. The van der Waals surface area contributed by atoms with Crippen molar-refractivity contribution < 1.29 is 13.2 Å². The second-order valence-electron chi connectivity index (χ2n) is 7.56. The Bertz CT molecular complexity index is 794. The van der Waals surface area contributed by atoms with Gasteiger partial charge in [-0.25, -0.2) is 8.42 Å². The maximum absolute atomic E-state index is 13.3. The molecule has 156 valence electrons. The molecule has 0 spiro atoms. The Morgan fingerprint density at radius 1 is 1.00 bits per heavy atom. The molecule has 2 aliphatic rings. The number of hydrogen-bond donors (Lipinski definition) is 0. The molecular weight excluding hydrogens is 376 g/mol. The number of nitrogens with zero attached hydrogens (tertiary/aromatic N) is 4. The van der Waals surface area contributed by atoms with E-state index in [4.69, 9.17) is 0 Å². The van der Waals surface area contributed by atoms with E-state index in [0.717, 1.165) is 44.7 Å². The van der Waals surface area contributed by atoms with E-state index in [1.807, 2.05) is 24.8 Å². The minimum Gasteiger partial charge on any atom is -0.371 e. The van der Waals surface area contributed by atoms with Crippen molar-refractivity contribution in [3.8, 4) is 0 Å². The molecule has 2 heterocycles. The number of likely N-dealkylation sites (N-methyl/N-ethyl adjacent to an activating group) is 1. The number of piperazine rings is 1. The number of hydrogen-bond acceptors (Lipinski definition) is 5. The Morgan fingerprint density at radius 2 is 1.61 bits per heavy atom. The fourth-order valence-electron chi connectivity index (χ4n) is 3.97. The third kappa shape index (κ3) is 4.18. The molecule has 0 saturated carbocycles. The zero-order chi connectivity index (χ0) is 20.3. The van der Waals surface area contributed by atoms with Crippen LogP contribution in [0.3, 0.4) is 0 Å². The summed E-state index contributed by atoms with van der Waals surface area (Å²) in [5, 5.41) is 0. The molecule has 0 aromatic heterocycles. The van der Waals surface area contributed by atoms with Crippen molar-refractivity contribution in [2.24, 2.45) is 0 Å². The van der Waals surface area contributed by atoms with Gasteiger partial charge in [0.05, 0.1) is 10.5 Å². The normalized spacial score (nSPS) is 18.9. The monoisotopic (exact) mass is 408 g/mol. The summed E-state index contributed by atoms with van der Waals surface area (Å²) in [5.41, 5.74) is 1.37. The van der Waals surface area contributed by atoms with Crippen molar-refractivity contribution >= 4 is 21.6 Å². The number of amides is 1. The summed E-state index contributed by atoms with van der Waals surface area (Å²) < 4.78 is 27.4. The van der Waals surface area contributed by atoms with Crippen LogP contribution >= 0.6 is 0 Å². The highest BCUT2D eigenvalue weighted by Crippen LogP contribution is 2.29. The highest BCUT2D eigenvalue weighted by atomic mass is 32.2. The van der Waals surface area contributed by atoms with E-state index in [1.54, 1.807) is 12.1 Å². The Labute approximate surface area is 168 Å². The summed E-state index contributed by atoms with van der Waals surface area (Å²) >= 11 is 0. The SMILES string of the molecule is CCN(CC)S(=O)(=O)c1ccc(N2CCCC2)c(C(=O)N2CCN(C)CC2)c1. The number of carbonyl (C=O) groups is 1. The molecule has 28 heavy (non-hydrogen) atoms. The van der Waals surface area contributed by atoms with Gasteiger partial charge in [-0.05, 0) is 38.1 Å². The summed E-state index contributed by atoms with van der Waals surface area (Å²) in [5.74, 6) is -0.0633. The fraction of sp³-hybridized carbons (Fsp3) is 0.650. The lowest BCUT2D eigenvalue weighted by Crippen LogP contribution is -2.47. The van der Waals surface area contributed by atoms with Gasteiger partial charge in [-0.1, -0.05) is 13.8 Å². The molecule has 0 unspecified atom stereocenters. The van der Waals surface area contributed by atoms with Crippen LogP contribution in [0.1, 0.15) is 37.0 Å². The molecule has 0 bridgehead atoms. The minimum absolute atomic E-state index is 0.0633. The van der Waals surface area contributed by atoms with Gasteiger partial charge >= 0.3 is 0 Å². The first-order valence-corrected chi connectivity index (χ1v) is 11.7. The van der Waals surface area contributed by atoms with E-state index in [2.05, 4.69) is 16.8 Å². The van der Waals surface area contributed by atoms with E-state index in [0.29, 0.717) is 31.7 Å². The molecule has 2 fully saturated rings. The molecule has 1 aromatic carbocycles. The topological polar surface area (TPSA) is 64.2 Å². The lowest BCUT2D eigenvalue weighted by molar-refractivity contribution is 0.0664. The van der Waals surface area contributed by atoms with Crippen LogP contribution in [-0.2, 0) is 10.0 Å². The largest absolute Gasteiger partial charge is 0.371 e. The van der Waals surface area contributed by atoms with Gasteiger partial charge in [-0.2, -0.15) is 4.31 Å². The van der Waals surface area contributed by atoms with Gasteiger partial charge in [0.1, 0.15) is 0 Å². The predicted molar refractivity (Wildman–Crippen MR) is 111 cm³/mol. The van der Waals surface area contributed by atoms with Crippen molar-refractivity contribution in [1.82, 2.24) is 14.1 Å². The van der Waals surface area contributed by atoms with Gasteiger partial charge in [0, 0.05) is 58.0 Å². The van der Waals surface area contributed by atoms with Crippen LogP contribution in [0.5, 0.6) is 0 Å². The average molecular weight is 409 g/mol. The molecule has 0 atom stereocenters. The van der Waals surface area contributed by atoms with E-state index in [1.165, 1.54) is 4.31 Å². The van der Waals surface area contributed by atoms with Crippen LogP contribution in [0.15, 0.2) is 23.1 Å². The van der Waals surface area contributed by atoms with E-state index < -0.39 is 10.0 Å². The summed E-state index contributed by atoms with van der Waals surface area (Å²) in [4.78, 5) is 19.8. The Morgan fingerprint density at radius 3 is 2.18 bits per heavy atom. The standard InChI is InChI=1S/C20H32N4O3S/c1-4-24(5-2)28(26,27)17-8-9-19(22-10-6-7-11-22)18(16-17)20(25)23-14-12-21(3)13-15-23/h8-9,16H,4-7,10-15H2,1-3H3. The van der Waals surface area contributed by atoms with Crippen molar-refractivity contribution in [1.29, 1.82) is 0 Å². The van der Waals surface area contributed by atoms with Crippen LogP contribution in [0.25, 0.3) is 0 Å². The van der Waals surface area contributed by atoms with Gasteiger partial charge in [0.15, 0.2) is 0 Å². The van der Waals surface area contributed by atoms with Gasteiger partial charge < -0.3 is 14.7 Å². The van der Waals surface area contributed by atoms with Gasteiger partial charge in [-0.3, -0.25) is 4.79 Å². The second-order valence-corrected chi connectivity index (χ2v) is 9.50. The van der Waals surface area contributed by atoms with E-state index in [9.17, 15) is 13.2 Å². The average Bonchev–Trinajstić information content (AvgIpc) is 3.23. The number of anilines is 1. The van der Waals surface area contributed by atoms with Gasteiger partial charge in [0.25, 0.3) is 5.91 Å². The van der Waals surface area contributed by atoms with E-state index >= 15 is 0 Å². The molecule has 0 aliphatic carbocycles. The Kier molecular flexibility index (Phi) is 6.62. The highest BCUT2D eigenvalue weighted by molar-refractivity contribution is 7.89. The van der Waals surface area contributed by atoms with Crippen molar-refractivity contribution in [3.63, 3.8) is 0 Å². The zero-order valence-corrected chi connectivity index (χ0v) is 18.0. The number of rotatable bonds is 6. The van der Waals surface area contributed by atoms with Crippen LogP contribution in [-0.4, -0.2) is 87.8 Å². The summed E-state index contributed by atoms with van der Waals surface area (Å²) in [6.45, 7) is 9.30. The third-order valence-electron chi connectivity index (χ3n) is 5.78. The first kappa shape index (κ1) is 21.1. The van der Waals surface area contributed by atoms with E-state index in [-0.39, 0.29) is 10.8 Å². The molecule has 1 amide bonds. The summed E-state index contributed by atoms with van der Waals surface area (Å²) in [6.07, 6.45) is 2.20. The first-order chi connectivity index (χ1) is 13.4. The van der Waals surface area contributed by atoms with Gasteiger partial charge in [-0.15, -0.1) is 0 Å². The number of carbonyl (C=O) groups excluding carboxylic acids is 1. The van der Waals surface area contributed by atoms with Crippen molar-refractivity contribution in [3.05, 3.63) is 23.8 Å². The van der Waals surface area contributed by atoms with Crippen molar-refractivity contribution in [2.75, 3.05) is 64.3 Å². The molecule has 1 aromatic rings. The maximum Gasteiger partial charge on any atom is 0.256 e. The molecular formula is C20H32N4O3S. The summed E-state index contributed by atoms with van der Waals surface area (Å²) in [7, 11) is -1.55. The number of sulfonamides is 1. The molecule has 8 heteroatoms. The predicted octanol–water partition coefficient (Wildman–Crippen LogP) is 1.70. The fourth-order valence-corrected chi connectivity index (χ4v) is 5.46.